The van der Waals surface area contributed by atoms with E-state index in [0.29, 0.717) is 39.9 Å². The molecule has 1 N–H and O–H groups in total. The normalized spacial score (nSPS) is 11.4. The minimum Gasteiger partial charge on any atom is -0.493 e. The number of ether oxygens (including phenoxy) is 2. The summed E-state index contributed by atoms with van der Waals surface area (Å²) in [6.45, 7) is 1.39. The summed E-state index contributed by atoms with van der Waals surface area (Å²) in [5.41, 5.74) is 0.949. The molecule has 0 aliphatic rings. The van der Waals surface area contributed by atoms with E-state index in [0.717, 1.165) is 13.0 Å². The molecule has 138 valence electrons. The quantitative estimate of drug-likeness (QED) is 0.521. The fourth-order valence-electron chi connectivity index (χ4n) is 2.97. The summed E-state index contributed by atoms with van der Waals surface area (Å²) in [4.78, 5) is 18.0. The van der Waals surface area contributed by atoms with Crippen LogP contribution in [-0.2, 0) is 0 Å². The predicted octanol–water partition coefficient (Wildman–Crippen LogP) is 3.71. The van der Waals surface area contributed by atoms with Gasteiger partial charge in [-0.2, -0.15) is 0 Å². The Morgan fingerprint density at radius 2 is 2.08 bits per heavy atom. The molecule has 8 heteroatoms. The van der Waals surface area contributed by atoms with Crippen molar-refractivity contribution in [3.8, 4) is 11.5 Å². The summed E-state index contributed by atoms with van der Waals surface area (Å²) >= 11 is 6.23. The SMILES string of the molecule is COc1cc2c3c(Cl)nccc3n(C(=O)O)c2cc1OCCCN(C)C. The number of benzene rings is 1. The molecule has 0 atom stereocenters. The second-order valence-corrected chi connectivity index (χ2v) is 6.50. The molecule has 7 nitrogen and oxygen atoms in total. The average Bonchev–Trinajstić information content (AvgIpc) is 2.92. The summed E-state index contributed by atoms with van der Waals surface area (Å²) < 4.78 is 12.5. The van der Waals surface area contributed by atoms with Gasteiger partial charge in [0.25, 0.3) is 0 Å². The Morgan fingerprint density at radius 3 is 2.73 bits per heavy atom. The van der Waals surface area contributed by atoms with E-state index >= 15 is 0 Å². The van der Waals surface area contributed by atoms with Crippen LogP contribution < -0.4 is 9.47 Å². The van der Waals surface area contributed by atoms with Gasteiger partial charge in [-0.15, -0.1) is 0 Å². The Morgan fingerprint density at radius 1 is 1.31 bits per heavy atom. The number of halogens is 1. The zero-order valence-electron chi connectivity index (χ0n) is 14.8. The van der Waals surface area contributed by atoms with Gasteiger partial charge in [-0.1, -0.05) is 11.6 Å². The number of hydrogen-bond donors (Lipinski definition) is 1. The fourth-order valence-corrected chi connectivity index (χ4v) is 3.22. The van der Waals surface area contributed by atoms with Gasteiger partial charge < -0.3 is 19.5 Å². The van der Waals surface area contributed by atoms with Crippen LogP contribution in [0.5, 0.6) is 11.5 Å². The van der Waals surface area contributed by atoms with E-state index in [4.69, 9.17) is 21.1 Å². The highest BCUT2D eigenvalue weighted by atomic mass is 35.5. The Labute approximate surface area is 155 Å². The van der Waals surface area contributed by atoms with Crippen LogP contribution in [0, 0.1) is 0 Å². The monoisotopic (exact) mass is 377 g/mol. The Kier molecular flexibility index (Phi) is 5.20. The highest BCUT2D eigenvalue weighted by Crippen LogP contribution is 2.39. The van der Waals surface area contributed by atoms with Crippen LogP contribution >= 0.6 is 11.6 Å². The van der Waals surface area contributed by atoms with E-state index in [1.54, 1.807) is 25.3 Å². The number of fused-ring (bicyclic) bond motifs is 3. The molecule has 2 heterocycles. The maximum atomic E-state index is 11.8. The lowest BCUT2D eigenvalue weighted by Gasteiger charge is -2.13. The molecule has 0 aliphatic carbocycles. The van der Waals surface area contributed by atoms with Crippen molar-refractivity contribution in [2.24, 2.45) is 0 Å². The predicted molar refractivity (Wildman–Crippen MR) is 101 cm³/mol. The van der Waals surface area contributed by atoms with Gasteiger partial charge in [-0.25, -0.2) is 14.3 Å². The molecule has 0 fully saturated rings. The molecular weight excluding hydrogens is 358 g/mol. The second-order valence-electron chi connectivity index (χ2n) is 6.14. The molecule has 2 aromatic heterocycles. The third kappa shape index (κ3) is 3.27. The van der Waals surface area contributed by atoms with Crippen LogP contribution in [0.1, 0.15) is 6.42 Å². The van der Waals surface area contributed by atoms with Crippen LogP contribution in [0.25, 0.3) is 21.8 Å². The molecule has 0 saturated carbocycles. The molecule has 0 saturated heterocycles. The third-order valence-corrected chi connectivity index (χ3v) is 4.40. The summed E-state index contributed by atoms with van der Waals surface area (Å²) in [6, 6.07) is 5.04. The highest BCUT2D eigenvalue weighted by Gasteiger charge is 2.20. The highest BCUT2D eigenvalue weighted by molar-refractivity contribution is 6.37. The van der Waals surface area contributed by atoms with Crippen molar-refractivity contribution in [1.82, 2.24) is 14.5 Å². The minimum absolute atomic E-state index is 0.245. The van der Waals surface area contributed by atoms with Crippen molar-refractivity contribution >= 4 is 39.5 Å². The standard InChI is InChI=1S/C18H20ClN3O4/c1-21(2)7-4-8-26-15-10-13-11(9-14(15)25-3)16-12(22(13)18(23)24)5-6-20-17(16)19/h5-6,9-10H,4,7-8H2,1-3H3,(H,23,24). The van der Waals surface area contributed by atoms with E-state index in [9.17, 15) is 9.90 Å². The van der Waals surface area contributed by atoms with Gasteiger partial charge >= 0.3 is 6.09 Å². The number of carbonyl (C=O) groups is 1. The number of aromatic nitrogens is 2. The molecule has 0 unspecified atom stereocenters. The lowest BCUT2D eigenvalue weighted by molar-refractivity contribution is 0.198. The summed E-state index contributed by atoms with van der Waals surface area (Å²) in [7, 11) is 5.54. The molecule has 1 aromatic carbocycles. The molecule has 0 radical (unpaired) electrons. The van der Waals surface area contributed by atoms with Crippen molar-refractivity contribution in [2.45, 2.75) is 6.42 Å². The molecule has 0 aliphatic heterocycles. The molecule has 0 bridgehead atoms. The summed E-state index contributed by atoms with van der Waals surface area (Å²) in [5, 5.41) is 11.1. The lowest BCUT2D eigenvalue weighted by atomic mass is 10.2. The number of carboxylic acid groups (broad SMARTS) is 1. The van der Waals surface area contributed by atoms with Crippen LogP contribution in [0.15, 0.2) is 24.4 Å². The number of methoxy groups -OCH3 is 1. The van der Waals surface area contributed by atoms with E-state index in [-0.39, 0.29) is 5.15 Å². The van der Waals surface area contributed by atoms with Crippen LogP contribution in [0.2, 0.25) is 5.15 Å². The van der Waals surface area contributed by atoms with Gasteiger partial charge in [0, 0.05) is 29.6 Å². The van der Waals surface area contributed by atoms with Gasteiger partial charge in [0.05, 0.1) is 24.8 Å². The van der Waals surface area contributed by atoms with Gasteiger partial charge in [0.1, 0.15) is 5.15 Å². The minimum atomic E-state index is -1.10. The molecular formula is C18H20ClN3O4. The van der Waals surface area contributed by atoms with Crippen molar-refractivity contribution < 1.29 is 19.4 Å². The molecule has 0 amide bonds. The molecule has 0 spiro atoms. The smallest absolute Gasteiger partial charge is 0.416 e. The lowest BCUT2D eigenvalue weighted by Crippen LogP contribution is -2.15. The van der Waals surface area contributed by atoms with Crippen molar-refractivity contribution in [3.63, 3.8) is 0 Å². The maximum Gasteiger partial charge on any atom is 0.416 e. The van der Waals surface area contributed by atoms with Gasteiger partial charge in [0.2, 0.25) is 0 Å². The number of hydrogen-bond acceptors (Lipinski definition) is 5. The van der Waals surface area contributed by atoms with Crippen molar-refractivity contribution in [3.05, 3.63) is 29.5 Å². The fraction of sp³-hybridized carbons (Fsp3) is 0.333. The van der Waals surface area contributed by atoms with Gasteiger partial charge in [0.15, 0.2) is 11.5 Å². The van der Waals surface area contributed by atoms with Gasteiger partial charge in [-0.3, -0.25) is 0 Å². The molecule has 26 heavy (non-hydrogen) atoms. The topological polar surface area (TPSA) is 76.8 Å². The van der Waals surface area contributed by atoms with E-state index < -0.39 is 6.09 Å². The molecule has 3 aromatic rings. The number of nitrogens with zero attached hydrogens (tertiary/aromatic N) is 3. The summed E-state index contributed by atoms with van der Waals surface area (Å²) in [6.07, 6.45) is 1.22. The Bertz CT molecular complexity index is 968. The number of rotatable bonds is 6. The first-order valence-corrected chi connectivity index (χ1v) is 8.49. The maximum absolute atomic E-state index is 11.8. The zero-order chi connectivity index (χ0) is 18.8. The van der Waals surface area contributed by atoms with Crippen LogP contribution in [-0.4, -0.2) is 60.0 Å². The van der Waals surface area contributed by atoms with E-state index in [1.165, 1.54) is 10.8 Å². The van der Waals surface area contributed by atoms with E-state index in [2.05, 4.69) is 9.88 Å². The zero-order valence-corrected chi connectivity index (χ0v) is 15.6. The van der Waals surface area contributed by atoms with Crippen LogP contribution in [0.3, 0.4) is 0 Å². The first-order valence-electron chi connectivity index (χ1n) is 8.11. The summed E-state index contributed by atoms with van der Waals surface area (Å²) in [5.74, 6) is 1.01. The average molecular weight is 378 g/mol. The molecule has 3 rings (SSSR count). The Hall–Kier alpha value is -2.51. The van der Waals surface area contributed by atoms with Crippen molar-refractivity contribution in [2.75, 3.05) is 34.4 Å². The van der Waals surface area contributed by atoms with Gasteiger partial charge in [-0.05, 0) is 32.6 Å². The third-order valence-electron chi connectivity index (χ3n) is 4.11. The van der Waals surface area contributed by atoms with Crippen LogP contribution in [0.4, 0.5) is 4.79 Å². The van der Waals surface area contributed by atoms with E-state index in [1.807, 2.05) is 14.1 Å². The van der Waals surface area contributed by atoms with Crippen molar-refractivity contribution in [1.29, 1.82) is 0 Å². The Balaban J connectivity index is 2.13. The first kappa shape index (κ1) is 18.3. The second kappa shape index (κ2) is 7.39. The largest absolute Gasteiger partial charge is 0.493 e. The number of pyridine rings is 1. The first-order chi connectivity index (χ1) is 12.4.